The van der Waals surface area contributed by atoms with E-state index in [0.29, 0.717) is 0 Å². The lowest BCUT2D eigenvalue weighted by molar-refractivity contribution is -0.172. The Morgan fingerprint density at radius 3 is 2.32 bits per heavy atom. The van der Waals surface area contributed by atoms with E-state index in [1.54, 1.807) is 12.2 Å². The first-order valence-electron chi connectivity index (χ1n) is 7.96. The molecule has 0 aromatic heterocycles. The van der Waals surface area contributed by atoms with E-state index in [2.05, 4.69) is 0 Å². The summed E-state index contributed by atoms with van der Waals surface area (Å²) >= 11 is 0. The third-order valence-electron chi connectivity index (χ3n) is 4.54. The maximum Gasteiger partial charge on any atom is 0.316 e. The van der Waals surface area contributed by atoms with Crippen molar-refractivity contribution in [1.29, 1.82) is 0 Å². The molecule has 1 N–H and O–H groups in total. The molecule has 2 rings (SSSR count). The Kier molecular flexibility index (Phi) is 5.74. The number of esters is 2. The van der Waals surface area contributed by atoms with Gasteiger partial charge in [-0.2, -0.15) is 0 Å². The predicted molar refractivity (Wildman–Crippen MR) is 90.2 cm³/mol. The van der Waals surface area contributed by atoms with E-state index in [4.69, 9.17) is 9.47 Å². The molecule has 1 aromatic rings. The maximum absolute atomic E-state index is 12.4. The molecule has 0 spiro atoms. The van der Waals surface area contributed by atoms with Crippen LogP contribution in [0.4, 0.5) is 0 Å². The van der Waals surface area contributed by atoms with Gasteiger partial charge in [-0.1, -0.05) is 42.5 Å². The zero-order valence-electron chi connectivity index (χ0n) is 14.5. The van der Waals surface area contributed by atoms with E-state index >= 15 is 0 Å². The largest absolute Gasteiger partial charge is 0.469 e. The van der Waals surface area contributed by atoms with Crippen molar-refractivity contribution >= 4 is 23.8 Å². The van der Waals surface area contributed by atoms with Crippen molar-refractivity contribution < 1.29 is 29.0 Å². The fraction of sp³-hybridized carbons (Fsp3) is 0.421. The Labute approximate surface area is 146 Å². The number of rotatable bonds is 4. The van der Waals surface area contributed by atoms with E-state index in [9.17, 15) is 19.5 Å². The SMILES string of the molecule is COC(=O)[C@@H]1C(=O)C[C@](C)(O)[C@@H](C(=O)OC)[C@@H]1/C=C/c1ccccc1. The van der Waals surface area contributed by atoms with Crippen LogP contribution in [0.25, 0.3) is 6.08 Å². The fourth-order valence-corrected chi connectivity index (χ4v) is 3.36. The van der Waals surface area contributed by atoms with Crippen LogP contribution in [0.2, 0.25) is 0 Å². The van der Waals surface area contributed by atoms with Gasteiger partial charge in [0.25, 0.3) is 0 Å². The minimum atomic E-state index is -1.61. The van der Waals surface area contributed by atoms with Crippen molar-refractivity contribution in [2.75, 3.05) is 14.2 Å². The molecule has 6 nitrogen and oxygen atoms in total. The van der Waals surface area contributed by atoms with Gasteiger partial charge in [0.15, 0.2) is 5.78 Å². The van der Waals surface area contributed by atoms with Crippen LogP contribution >= 0.6 is 0 Å². The molecule has 1 fully saturated rings. The second-order valence-corrected chi connectivity index (χ2v) is 6.35. The lowest BCUT2D eigenvalue weighted by atomic mass is 9.63. The van der Waals surface area contributed by atoms with E-state index in [-0.39, 0.29) is 6.42 Å². The van der Waals surface area contributed by atoms with Crippen LogP contribution in [-0.4, -0.2) is 42.6 Å². The van der Waals surface area contributed by atoms with Crippen molar-refractivity contribution in [2.24, 2.45) is 17.8 Å². The highest BCUT2D eigenvalue weighted by atomic mass is 16.5. The average molecular weight is 346 g/mol. The van der Waals surface area contributed by atoms with Gasteiger partial charge >= 0.3 is 11.9 Å². The average Bonchev–Trinajstić information content (AvgIpc) is 2.58. The van der Waals surface area contributed by atoms with Crippen LogP contribution in [0.1, 0.15) is 18.9 Å². The lowest BCUT2D eigenvalue weighted by Gasteiger charge is -2.42. The number of hydrogen-bond donors (Lipinski definition) is 1. The molecule has 25 heavy (non-hydrogen) atoms. The molecule has 0 bridgehead atoms. The minimum Gasteiger partial charge on any atom is -0.469 e. The molecule has 0 radical (unpaired) electrons. The Morgan fingerprint density at radius 2 is 1.76 bits per heavy atom. The van der Waals surface area contributed by atoms with Crippen LogP contribution in [-0.2, 0) is 23.9 Å². The molecule has 0 heterocycles. The standard InChI is InChI=1S/C19H22O6/c1-19(23)11-14(20)15(17(21)24-2)13(16(19)18(22)25-3)10-9-12-7-5-4-6-8-12/h4-10,13,15-16,23H,11H2,1-3H3/b10-9+/t13-,15+,16-,19+/m1/s1. The van der Waals surface area contributed by atoms with Crippen molar-refractivity contribution in [1.82, 2.24) is 0 Å². The van der Waals surface area contributed by atoms with Gasteiger partial charge in [0.2, 0.25) is 0 Å². The summed E-state index contributed by atoms with van der Waals surface area (Å²) in [4.78, 5) is 36.9. The summed E-state index contributed by atoms with van der Waals surface area (Å²) in [6.45, 7) is 1.41. The number of carbonyl (C=O) groups is 3. The van der Waals surface area contributed by atoms with Crippen molar-refractivity contribution in [3.8, 4) is 0 Å². The number of hydrogen-bond acceptors (Lipinski definition) is 6. The van der Waals surface area contributed by atoms with Gasteiger partial charge in [-0.15, -0.1) is 0 Å². The number of ether oxygens (including phenoxy) is 2. The predicted octanol–water partition coefficient (Wildman–Crippen LogP) is 1.62. The summed E-state index contributed by atoms with van der Waals surface area (Å²) in [5.41, 5.74) is -0.771. The molecule has 1 saturated carbocycles. The maximum atomic E-state index is 12.4. The zero-order valence-corrected chi connectivity index (χ0v) is 14.5. The second-order valence-electron chi connectivity index (χ2n) is 6.35. The summed E-state index contributed by atoms with van der Waals surface area (Å²) in [5, 5.41) is 10.6. The normalized spacial score (nSPS) is 29.4. The quantitative estimate of drug-likeness (QED) is 0.658. The third-order valence-corrected chi connectivity index (χ3v) is 4.54. The monoisotopic (exact) mass is 346 g/mol. The van der Waals surface area contributed by atoms with Gasteiger partial charge in [0.05, 0.1) is 25.7 Å². The highest BCUT2D eigenvalue weighted by Crippen LogP contribution is 2.42. The first kappa shape index (κ1) is 18.9. The van der Waals surface area contributed by atoms with Gasteiger partial charge in [0.1, 0.15) is 5.92 Å². The number of carbonyl (C=O) groups excluding carboxylic acids is 3. The molecular weight excluding hydrogens is 324 g/mol. The molecule has 1 aromatic carbocycles. The molecule has 0 unspecified atom stereocenters. The number of aliphatic hydroxyl groups is 1. The topological polar surface area (TPSA) is 89.9 Å². The van der Waals surface area contributed by atoms with Gasteiger partial charge in [-0.05, 0) is 12.5 Å². The van der Waals surface area contributed by atoms with Gasteiger partial charge < -0.3 is 14.6 Å². The number of allylic oxidation sites excluding steroid dienone is 1. The number of benzene rings is 1. The van der Waals surface area contributed by atoms with Crippen molar-refractivity contribution in [3.63, 3.8) is 0 Å². The molecule has 0 amide bonds. The molecule has 4 atom stereocenters. The highest BCUT2D eigenvalue weighted by Gasteiger charge is 2.55. The van der Waals surface area contributed by atoms with Gasteiger partial charge in [-0.25, -0.2) is 0 Å². The van der Waals surface area contributed by atoms with Crippen LogP contribution in [0, 0.1) is 17.8 Å². The summed E-state index contributed by atoms with van der Waals surface area (Å²) in [5.74, 6) is -4.93. The summed E-state index contributed by atoms with van der Waals surface area (Å²) in [7, 11) is 2.40. The Bertz CT molecular complexity index is 676. The van der Waals surface area contributed by atoms with Crippen molar-refractivity contribution in [3.05, 3.63) is 42.0 Å². The summed E-state index contributed by atoms with van der Waals surface area (Å²) in [6.07, 6.45) is 3.00. The molecule has 6 heteroatoms. The first-order chi connectivity index (χ1) is 11.8. The van der Waals surface area contributed by atoms with Crippen LogP contribution in [0.5, 0.6) is 0 Å². The van der Waals surface area contributed by atoms with Crippen LogP contribution < -0.4 is 0 Å². The lowest BCUT2D eigenvalue weighted by Crippen LogP contribution is -2.55. The minimum absolute atomic E-state index is 0.317. The molecule has 1 aliphatic carbocycles. The Morgan fingerprint density at radius 1 is 1.16 bits per heavy atom. The summed E-state index contributed by atoms with van der Waals surface area (Å²) < 4.78 is 9.55. The molecular formula is C19H22O6. The first-order valence-corrected chi connectivity index (χ1v) is 7.96. The van der Waals surface area contributed by atoms with E-state index in [0.717, 1.165) is 5.56 Å². The van der Waals surface area contributed by atoms with Crippen LogP contribution in [0.15, 0.2) is 36.4 Å². The number of methoxy groups -OCH3 is 2. The molecule has 1 aliphatic rings. The molecule has 134 valence electrons. The number of Topliss-reactive ketones (excluding diaryl/α,β-unsaturated/α-hetero) is 1. The van der Waals surface area contributed by atoms with Gasteiger partial charge in [-0.3, -0.25) is 14.4 Å². The fourth-order valence-electron chi connectivity index (χ4n) is 3.36. The summed E-state index contributed by atoms with van der Waals surface area (Å²) in [6, 6.07) is 9.24. The van der Waals surface area contributed by atoms with E-state index in [1.165, 1.54) is 21.1 Å². The van der Waals surface area contributed by atoms with Crippen LogP contribution in [0.3, 0.4) is 0 Å². The molecule has 0 saturated heterocycles. The molecule has 0 aliphatic heterocycles. The smallest absolute Gasteiger partial charge is 0.316 e. The Balaban J connectivity index is 2.49. The Hall–Kier alpha value is -2.47. The number of ketones is 1. The van der Waals surface area contributed by atoms with E-state index < -0.39 is 41.1 Å². The second kappa shape index (κ2) is 7.61. The van der Waals surface area contributed by atoms with Crippen molar-refractivity contribution in [2.45, 2.75) is 18.9 Å². The zero-order chi connectivity index (χ0) is 18.6. The highest BCUT2D eigenvalue weighted by molar-refractivity contribution is 6.02. The van der Waals surface area contributed by atoms with Gasteiger partial charge in [0, 0.05) is 12.3 Å². The third kappa shape index (κ3) is 3.96. The van der Waals surface area contributed by atoms with E-state index in [1.807, 2.05) is 30.3 Å².